The minimum absolute atomic E-state index is 0.118. The fourth-order valence-corrected chi connectivity index (χ4v) is 1.25. The summed E-state index contributed by atoms with van der Waals surface area (Å²) in [6.45, 7) is 1.44. The van der Waals surface area contributed by atoms with Crippen molar-refractivity contribution in [1.82, 2.24) is 0 Å². The molecule has 0 aliphatic heterocycles. The first-order chi connectivity index (χ1) is 6.61. The van der Waals surface area contributed by atoms with Gasteiger partial charge in [0.05, 0.1) is 0 Å². The van der Waals surface area contributed by atoms with Crippen LogP contribution in [-0.4, -0.2) is 15.9 Å². The monoisotopic (exact) mass is 206 g/mol. The van der Waals surface area contributed by atoms with Gasteiger partial charge < -0.3 is 5.11 Å². The van der Waals surface area contributed by atoms with Crippen LogP contribution < -0.4 is 0 Å². The fourth-order valence-electron chi connectivity index (χ4n) is 1.13. The number of hydrogen-bond donors (Lipinski definition) is 1. The van der Waals surface area contributed by atoms with Crippen LogP contribution in [0.4, 0.5) is 0 Å². The highest BCUT2D eigenvalue weighted by atomic mass is 32.1. The van der Waals surface area contributed by atoms with Gasteiger partial charge in [0.15, 0.2) is 10.8 Å². The van der Waals surface area contributed by atoms with Crippen molar-refractivity contribution < 1.29 is 9.90 Å². The highest BCUT2D eigenvalue weighted by molar-refractivity contribution is 7.80. The maximum atomic E-state index is 11.2. The summed E-state index contributed by atoms with van der Waals surface area (Å²) in [5, 5.41) is 8.66. The van der Waals surface area contributed by atoms with Crippen LogP contribution in [0, 0.1) is 0 Å². The van der Waals surface area contributed by atoms with Gasteiger partial charge in [-0.15, -0.1) is 0 Å². The smallest absolute Gasteiger partial charge is 0.181 e. The molecule has 0 bridgehead atoms. The Morgan fingerprint density at radius 2 is 1.93 bits per heavy atom. The van der Waals surface area contributed by atoms with Gasteiger partial charge in [0.2, 0.25) is 0 Å². The van der Waals surface area contributed by atoms with Crippen molar-refractivity contribution >= 4 is 28.6 Å². The molecule has 0 spiro atoms. The second-order valence-electron chi connectivity index (χ2n) is 2.82. The van der Waals surface area contributed by atoms with Gasteiger partial charge in [-0.3, -0.25) is 4.79 Å². The molecule has 0 unspecified atom stereocenters. The second-order valence-corrected chi connectivity index (χ2v) is 3.24. The molecule has 0 atom stereocenters. The number of aliphatic hydroxyl groups is 1. The van der Waals surface area contributed by atoms with E-state index in [0.29, 0.717) is 5.57 Å². The van der Waals surface area contributed by atoms with Gasteiger partial charge in [-0.1, -0.05) is 30.3 Å². The van der Waals surface area contributed by atoms with Gasteiger partial charge in [-0.2, -0.15) is 0 Å². The van der Waals surface area contributed by atoms with Crippen LogP contribution in [0.3, 0.4) is 0 Å². The number of carbonyl (C=O) groups is 1. The van der Waals surface area contributed by atoms with E-state index in [1.807, 2.05) is 18.2 Å². The van der Waals surface area contributed by atoms with Crippen molar-refractivity contribution in [2.45, 2.75) is 6.92 Å². The summed E-state index contributed by atoms with van der Waals surface area (Å²) in [6, 6.07) is 9.11. The molecule has 2 nitrogen and oxygen atoms in total. The molecule has 1 aromatic carbocycles. The molecule has 1 rings (SSSR count). The number of aliphatic hydroxyl groups excluding tert-OH is 1. The van der Waals surface area contributed by atoms with Crippen LogP contribution >= 0.6 is 12.2 Å². The van der Waals surface area contributed by atoms with Crippen molar-refractivity contribution in [2.24, 2.45) is 0 Å². The Labute approximate surface area is 87.9 Å². The topological polar surface area (TPSA) is 37.3 Å². The van der Waals surface area contributed by atoms with E-state index in [1.54, 1.807) is 12.1 Å². The Bertz CT molecular complexity index is 380. The maximum absolute atomic E-state index is 11.2. The highest BCUT2D eigenvalue weighted by Gasteiger charge is 2.06. The van der Waals surface area contributed by atoms with Crippen LogP contribution in [0.15, 0.2) is 36.4 Å². The van der Waals surface area contributed by atoms with E-state index in [9.17, 15) is 4.79 Å². The third-order valence-electron chi connectivity index (χ3n) is 1.73. The molecule has 1 aromatic rings. The highest BCUT2D eigenvalue weighted by Crippen LogP contribution is 2.14. The van der Waals surface area contributed by atoms with Crippen molar-refractivity contribution in [3.63, 3.8) is 0 Å². The third-order valence-corrected chi connectivity index (χ3v) is 1.85. The number of carbonyl (C=O) groups excluding carboxylic acids is 1. The minimum Gasteiger partial charge on any atom is -0.499 e. The number of thiocarbonyl (C=S) groups is 1. The molecule has 3 heteroatoms. The van der Waals surface area contributed by atoms with Gasteiger partial charge in [0.25, 0.3) is 0 Å². The molecule has 0 amide bonds. The van der Waals surface area contributed by atoms with Crippen LogP contribution in [0.5, 0.6) is 0 Å². The van der Waals surface area contributed by atoms with Gasteiger partial charge in [-0.25, -0.2) is 0 Å². The Morgan fingerprint density at radius 1 is 1.36 bits per heavy atom. The lowest BCUT2D eigenvalue weighted by Crippen LogP contribution is -1.99. The quantitative estimate of drug-likeness (QED) is 0.610. The summed E-state index contributed by atoms with van der Waals surface area (Å²) in [6.07, 6.45) is 1.30. The van der Waals surface area contributed by atoms with E-state index < -0.39 is 0 Å². The maximum Gasteiger partial charge on any atom is 0.181 e. The largest absolute Gasteiger partial charge is 0.499 e. The average Bonchev–Trinajstić information content (AvgIpc) is 2.15. The number of allylic oxidation sites excluding steroid dienone is 1. The first kappa shape index (κ1) is 10.6. The predicted molar refractivity (Wildman–Crippen MR) is 60.3 cm³/mol. The number of benzene rings is 1. The molecular weight excluding hydrogens is 196 g/mol. The Balaban J connectivity index is 3.14. The Morgan fingerprint density at radius 3 is 2.36 bits per heavy atom. The lowest BCUT2D eigenvalue weighted by Gasteiger charge is -2.02. The number of ketones is 1. The Hall–Kier alpha value is -1.48. The first-order valence-corrected chi connectivity index (χ1v) is 4.53. The molecule has 0 heterocycles. The summed E-state index contributed by atoms with van der Waals surface area (Å²) >= 11 is 4.52. The van der Waals surface area contributed by atoms with E-state index in [2.05, 4.69) is 12.2 Å². The lowest BCUT2D eigenvalue weighted by atomic mass is 10.0. The standard InChI is InChI=1S/C11H10O2S/c1-8(12)10(7-11(13)14)9-5-3-2-4-6-9/h2-7H,1H3,(H,13,14). The van der Waals surface area contributed by atoms with Crippen LogP contribution in [0.2, 0.25) is 0 Å². The van der Waals surface area contributed by atoms with Crippen molar-refractivity contribution in [3.05, 3.63) is 42.0 Å². The third kappa shape index (κ3) is 2.78. The molecule has 0 aromatic heterocycles. The SMILES string of the molecule is CC(=O)C(=CC(O)=S)c1ccccc1. The van der Waals surface area contributed by atoms with E-state index in [4.69, 9.17) is 5.11 Å². The fraction of sp³-hybridized carbons (Fsp3) is 0.0909. The normalized spacial score (nSPS) is 11.1. The zero-order valence-corrected chi connectivity index (χ0v) is 8.54. The van der Waals surface area contributed by atoms with Gasteiger partial charge in [-0.05, 0) is 24.7 Å². The minimum atomic E-state index is -0.279. The molecule has 1 N–H and O–H groups in total. The molecular formula is C11H10O2S. The van der Waals surface area contributed by atoms with E-state index >= 15 is 0 Å². The van der Waals surface area contributed by atoms with Crippen LogP contribution in [0.1, 0.15) is 12.5 Å². The molecule has 0 saturated heterocycles. The molecule has 0 fully saturated rings. The van der Waals surface area contributed by atoms with Crippen LogP contribution in [-0.2, 0) is 4.79 Å². The van der Waals surface area contributed by atoms with Gasteiger partial charge in [0, 0.05) is 11.6 Å². The summed E-state index contributed by atoms with van der Waals surface area (Å²) in [5.41, 5.74) is 1.19. The van der Waals surface area contributed by atoms with Gasteiger partial charge >= 0.3 is 0 Å². The number of Topliss-reactive ketones (excluding diaryl/α,β-unsaturated/α-hetero) is 1. The Kier molecular flexibility index (Phi) is 3.54. The molecule has 0 aliphatic rings. The molecule has 0 saturated carbocycles. The number of rotatable bonds is 3. The van der Waals surface area contributed by atoms with Crippen molar-refractivity contribution in [2.75, 3.05) is 0 Å². The summed E-state index contributed by atoms with van der Waals surface area (Å²) in [5.74, 6) is -0.118. The lowest BCUT2D eigenvalue weighted by molar-refractivity contribution is -0.111. The van der Waals surface area contributed by atoms with Crippen LogP contribution in [0.25, 0.3) is 5.57 Å². The van der Waals surface area contributed by atoms with E-state index in [1.165, 1.54) is 13.0 Å². The van der Waals surface area contributed by atoms with Crippen molar-refractivity contribution in [1.29, 1.82) is 0 Å². The molecule has 14 heavy (non-hydrogen) atoms. The average molecular weight is 206 g/mol. The van der Waals surface area contributed by atoms with E-state index in [-0.39, 0.29) is 10.8 Å². The summed E-state index contributed by atoms with van der Waals surface area (Å²) in [4.78, 5) is 11.2. The van der Waals surface area contributed by atoms with E-state index in [0.717, 1.165) is 5.56 Å². The number of hydrogen-bond acceptors (Lipinski definition) is 2. The van der Waals surface area contributed by atoms with Gasteiger partial charge in [0.1, 0.15) is 0 Å². The predicted octanol–water partition coefficient (Wildman–Crippen LogP) is 2.54. The first-order valence-electron chi connectivity index (χ1n) is 4.12. The molecule has 0 radical (unpaired) electrons. The molecule has 0 aliphatic carbocycles. The van der Waals surface area contributed by atoms with Crippen molar-refractivity contribution in [3.8, 4) is 0 Å². The molecule has 72 valence electrons. The summed E-state index contributed by atoms with van der Waals surface area (Å²) < 4.78 is 0. The zero-order valence-electron chi connectivity index (χ0n) is 7.73. The second kappa shape index (κ2) is 4.67. The summed E-state index contributed by atoms with van der Waals surface area (Å²) in [7, 11) is 0. The zero-order chi connectivity index (χ0) is 10.6.